The van der Waals surface area contributed by atoms with Crippen LogP contribution in [0.15, 0.2) is 0 Å². The maximum atomic E-state index is 11.7. The van der Waals surface area contributed by atoms with Gasteiger partial charge in [0.1, 0.15) is 0 Å². The monoisotopic (exact) mass is 237 g/mol. The highest BCUT2D eigenvalue weighted by atomic mass is 16.4. The van der Waals surface area contributed by atoms with Crippen molar-refractivity contribution in [2.45, 2.75) is 44.9 Å². The molecular weight excluding hydrogens is 218 g/mol. The first-order valence-corrected chi connectivity index (χ1v) is 6.00. The number of aliphatic carboxylic acids is 1. The number of carboxylic acid groups (broad SMARTS) is 1. The van der Waals surface area contributed by atoms with Gasteiger partial charge < -0.3 is 10.4 Å². The van der Waals surface area contributed by atoms with Crippen LogP contribution < -0.4 is 5.32 Å². The fraction of sp³-hybridized carbons (Fsp3) is 0.692. The van der Waals surface area contributed by atoms with Crippen LogP contribution in [0.1, 0.15) is 44.9 Å². The quantitative estimate of drug-likeness (QED) is 0.713. The van der Waals surface area contributed by atoms with E-state index in [1.807, 2.05) is 0 Å². The predicted molar refractivity (Wildman–Crippen MR) is 64.2 cm³/mol. The number of hydrogen-bond donors (Lipinski definition) is 2. The van der Waals surface area contributed by atoms with Crippen LogP contribution in [0.3, 0.4) is 0 Å². The second-order valence-corrected chi connectivity index (χ2v) is 4.79. The summed E-state index contributed by atoms with van der Waals surface area (Å²) in [5.41, 5.74) is -0.358. The summed E-state index contributed by atoms with van der Waals surface area (Å²) >= 11 is 0. The minimum atomic E-state index is -0.823. The number of carboxylic acids is 1. The number of carbonyl (C=O) groups excluding carboxylic acids is 1. The highest BCUT2D eigenvalue weighted by Crippen LogP contribution is 2.42. The SMILES string of the molecule is C#CCNC(=O)CC1(CC(=O)O)CCCCC1. The van der Waals surface area contributed by atoms with Crippen molar-refractivity contribution >= 4 is 11.9 Å². The Morgan fingerprint density at radius 3 is 2.41 bits per heavy atom. The van der Waals surface area contributed by atoms with Crippen molar-refractivity contribution in [2.75, 3.05) is 6.54 Å². The molecule has 1 rings (SSSR count). The van der Waals surface area contributed by atoms with Crippen LogP contribution in [-0.2, 0) is 9.59 Å². The lowest BCUT2D eigenvalue weighted by Crippen LogP contribution is -2.35. The van der Waals surface area contributed by atoms with E-state index in [0.717, 1.165) is 32.1 Å². The molecule has 0 atom stereocenters. The summed E-state index contributed by atoms with van der Waals surface area (Å²) in [6.07, 6.45) is 10.2. The number of hydrogen-bond acceptors (Lipinski definition) is 2. The molecule has 0 aliphatic heterocycles. The third kappa shape index (κ3) is 4.48. The molecule has 2 N–H and O–H groups in total. The topological polar surface area (TPSA) is 66.4 Å². The zero-order valence-electron chi connectivity index (χ0n) is 10.00. The maximum Gasteiger partial charge on any atom is 0.303 e. The maximum absolute atomic E-state index is 11.7. The Morgan fingerprint density at radius 2 is 1.88 bits per heavy atom. The number of terminal acetylenes is 1. The Bertz CT molecular complexity index is 324. The lowest BCUT2D eigenvalue weighted by atomic mass is 9.69. The van der Waals surface area contributed by atoms with Gasteiger partial charge >= 0.3 is 5.97 Å². The van der Waals surface area contributed by atoms with Gasteiger partial charge in [0.05, 0.1) is 13.0 Å². The molecule has 4 nitrogen and oxygen atoms in total. The van der Waals surface area contributed by atoms with Crippen molar-refractivity contribution in [3.8, 4) is 12.3 Å². The van der Waals surface area contributed by atoms with Gasteiger partial charge in [0.2, 0.25) is 5.91 Å². The van der Waals surface area contributed by atoms with E-state index in [1.54, 1.807) is 0 Å². The molecule has 0 spiro atoms. The fourth-order valence-corrected chi connectivity index (χ4v) is 2.59. The first kappa shape index (κ1) is 13.6. The molecule has 0 aromatic heterocycles. The lowest BCUT2D eigenvalue weighted by Gasteiger charge is -2.35. The average Bonchev–Trinajstić information content (AvgIpc) is 2.26. The summed E-state index contributed by atoms with van der Waals surface area (Å²) < 4.78 is 0. The van der Waals surface area contributed by atoms with Gasteiger partial charge in [0.15, 0.2) is 0 Å². The molecule has 0 heterocycles. The molecule has 0 aromatic rings. The van der Waals surface area contributed by atoms with E-state index in [2.05, 4.69) is 11.2 Å². The van der Waals surface area contributed by atoms with Gasteiger partial charge in [-0.3, -0.25) is 9.59 Å². The minimum Gasteiger partial charge on any atom is -0.481 e. The number of rotatable bonds is 5. The molecule has 1 saturated carbocycles. The zero-order chi connectivity index (χ0) is 12.7. The molecule has 0 saturated heterocycles. The molecule has 1 aliphatic rings. The Morgan fingerprint density at radius 1 is 1.24 bits per heavy atom. The largest absolute Gasteiger partial charge is 0.481 e. The molecule has 4 heteroatoms. The second kappa shape index (κ2) is 6.29. The first-order chi connectivity index (χ1) is 8.08. The molecule has 17 heavy (non-hydrogen) atoms. The van der Waals surface area contributed by atoms with Crippen LogP contribution in [0, 0.1) is 17.8 Å². The second-order valence-electron chi connectivity index (χ2n) is 4.79. The van der Waals surface area contributed by atoms with Crippen molar-refractivity contribution in [2.24, 2.45) is 5.41 Å². The van der Waals surface area contributed by atoms with Crippen LogP contribution in [-0.4, -0.2) is 23.5 Å². The van der Waals surface area contributed by atoms with Crippen LogP contribution >= 0.6 is 0 Å². The zero-order valence-corrected chi connectivity index (χ0v) is 10.00. The highest BCUT2D eigenvalue weighted by Gasteiger charge is 2.36. The van der Waals surface area contributed by atoms with E-state index < -0.39 is 5.97 Å². The summed E-state index contributed by atoms with van der Waals surface area (Å²) in [6, 6.07) is 0. The standard InChI is InChI=1S/C13H19NO3/c1-2-8-14-11(15)9-13(10-12(16)17)6-4-3-5-7-13/h1H,3-10H2,(H,14,15)(H,16,17). The molecule has 1 fully saturated rings. The van der Waals surface area contributed by atoms with Gasteiger partial charge in [-0.25, -0.2) is 0 Å². The average molecular weight is 237 g/mol. The number of carbonyl (C=O) groups is 2. The van der Waals surface area contributed by atoms with Gasteiger partial charge in [0.25, 0.3) is 0 Å². The Hall–Kier alpha value is -1.50. The van der Waals surface area contributed by atoms with Crippen molar-refractivity contribution < 1.29 is 14.7 Å². The number of amides is 1. The van der Waals surface area contributed by atoms with E-state index in [0.29, 0.717) is 0 Å². The molecule has 94 valence electrons. The Labute approximate surface area is 102 Å². The molecule has 0 bridgehead atoms. The molecule has 0 aromatic carbocycles. The molecule has 0 unspecified atom stereocenters. The fourth-order valence-electron chi connectivity index (χ4n) is 2.59. The van der Waals surface area contributed by atoms with E-state index in [4.69, 9.17) is 11.5 Å². The number of nitrogens with one attached hydrogen (secondary N) is 1. The Kier molecular flexibility index (Phi) is 5.02. The van der Waals surface area contributed by atoms with Gasteiger partial charge in [-0.15, -0.1) is 6.42 Å². The van der Waals surface area contributed by atoms with Crippen LogP contribution in [0.5, 0.6) is 0 Å². The van der Waals surface area contributed by atoms with Gasteiger partial charge in [0, 0.05) is 6.42 Å². The van der Waals surface area contributed by atoms with Crippen molar-refractivity contribution in [1.82, 2.24) is 5.32 Å². The van der Waals surface area contributed by atoms with Crippen LogP contribution in [0.4, 0.5) is 0 Å². The molecular formula is C13H19NO3. The van der Waals surface area contributed by atoms with Crippen LogP contribution in [0.25, 0.3) is 0 Å². The smallest absolute Gasteiger partial charge is 0.303 e. The predicted octanol–water partition coefficient (Wildman–Crippen LogP) is 1.55. The first-order valence-electron chi connectivity index (χ1n) is 6.00. The third-order valence-electron chi connectivity index (χ3n) is 3.36. The van der Waals surface area contributed by atoms with Gasteiger partial charge in [-0.2, -0.15) is 0 Å². The Balaban J connectivity index is 2.60. The molecule has 1 aliphatic carbocycles. The highest BCUT2D eigenvalue weighted by molar-refractivity contribution is 5.78. The van der Waals surface area contributed by atoms with E-state index in [-0.39, 0.29) is 30.7 Å². The summed E-state index contributed by atoms with van der Waals surface area (Å²) in [6.45, 7) is 0.210. The van der Waals surface area contributed by atoms with Crippen LogP contribution in [0.2, 0.25) is 0 Å². The van der Waals surface area contributed by atoms with E-state index in [9.17, 15) is 9.59 Å². The van der Waals surface area contributed by atoms with E-state index in [1.165, 1.54) is 0 Å². The third-order valence-corrected chi connectivity index (χ3v) is 3.36. The molecule has 0 radical (unpaired) electrons. The minimum absolute atomic E-state index is 0.0798. The van der Waals surface area contributed by atoms with Crippen molar-refractivity contribution in [1.29, 1.82) is 0 Å². The van der Waals surface area contributed by atoms with Crippen molar-refractivity contribution in [3.63, 3.8) is 0 Å². The summed E-state index contributed by atoms with van der Waals surface area (Å²) in [4.78, 5) is 22.6. The summed E-state index contributed by atoms with van der Waals surface area (Å²) in [7, 11) is 0. The summed E-state index contributed by atoms with van der Waals surface area (Å²) in [5.74, 6) is 1.39. The van der Waals surface area contributed by atoms with E-state index >= 15 is 0 Å². The van der Waals surface area contributed by atoms with Gasteiger partial charge in [-0.1, -0.05) is 25.2 Å². The summed E-state index contributed by atoms with van der Waals surface area (Å²) in [5, 5.41) is 11.6. The van der Waals surface area contributed by atoms with Crippen molar-refractivity contribution in [3.05, 3.63) is 0 Å². The van der Waals surface area contributed by atoms with Gasteiger partial charge in [-0.05, 0) is 18.3 Å². The lowest BCUT2D eigenvalue weighted by molar-refractivity contribution is -0.141. The normalized spacial score (nSPS) is 18.1. The molecule has 1 amide bonds.